The van der Waals surface area contributed by atoms with Gasteiger partial charge in [-0.3, -0.25) is 29.1 Å². The molecular weight excluding hydrogens is 462 g/mol. The Bertz CT molecular complexity index is 1110. The summed E-state index contributed by atoms with van der Waals surface area (Å²) in [5.41, 5.74) is 2.38. The molecule has 0 aromatic carbocycles. The first-order valence-electron chi connectivity index (χ1n) is 10.7. The minimum atomic E-state index is -0.901. The zero-order valence-electron chi connectivity index (χ0n) is 18.5. The highest BCUT2D eigenvalue weighted by atomic mass is 35.5. The highest BCUT2D eigenvalue weighted by molar-refractivity contribution is 6.39. The lowest BCUT2D eigenvalue weighted by molar-refractivity contribution is -0.137. The number of amides is 4. The summed E-state index contributed by atoms with van der Waals surface area (Å²) in [5, 5.41) is 8.32. The molecule has 2 aliphatic rings. The number of halogens is 1. The predicted octanol–water partition coefficient (Wildman–Crippen LogP) is 0.159. The summed E-state index contributed by atoms with van der Waals surface area (Å²) in [5.74, 6) is -2.01. The van der Waals surface area contributed by atoms with Crippen LogP contribution in [0.25, 0.3) is 0 Å². The average molecular weight is 486 g/mol. The van der Waals surface area contributed by atoms with Crippen LogP contribution in [0.3, 0.4) is 0 Å². The zero-order valence-corrected chi connectivity index (χ0v) is 19.2. The number of aromatic nitrogens is 2. The molecule has 4 rings (SSSR count). The van der Waals surface area contributed by atoms with Crippen LogP contribution in [0, 0.1) is 0 Å². The van der Waals surface area contributed by atoms with Gasteiger partial charge in [-0.1, -0.05) is 11.6 Å². The fraction of sp³-hybridized carbons (Fsp3) is 0.364. The number of nitrogens with one attached hydrogen (secondary N) is 3. The van der Waals surface area contributed by atoms with Crippen LogP contribution in [0.4, 0.5) is 5.82 Å². The summed E-state index contributed by atoms with van der Waals surface area (Å²) in [6.07, 6.45) is 4.10. The van der Waals surface area contributed by atoms with Crippen molar-refractivity contribution in [1.29, 1.82) is 0 Å². The van der Waals surface area contributed by atoms with Crippen LogP contribution in [0.2, 0.25) is 5.02 Å². The van der Waals surface area contributed by atoms with Crippen LogP contribution in [0.15, 0.2) is 30.6 Å². The average Bonchev–Trinajstić information content (AvgIpc) is 3.20. The van der Waals surface area contributed by atoms with Gasteiger partial charge in [-0.15, -0.1) is 0 Å². The van der Waals surface area contributed by atoms with Crippen LogP contribution in [0.1, 0.15) is 28.0 Å². The maximum Gasteiger partial charge on any atom is 0.314 e. The van der Waals surface area contributed by atoms with Gasteiger partial charge in [-0.25, -0.2) is 4.98 Å². The lowest BCUT2D eigenvalue weighted by atomic mass is 9.99. The van der Waals surface area contributed by atoms with Gasteiger partial charge in [-0.2, -0.15) is 0 Å². The molecule has 0 saturated carbocycles. The third kappa shape index (κ3) is 5.49. The van der Waals surface area contributed by atoms with Gasteiger partial charge in [0.15, 0.2) is 0 Å². The molecule has 1 fully saturated rings. The molecule has 1 saturated heterocycles. The molecule has 2 atom stereocenters. The quantitative estimate of drug-likeness (QED) is 0.405. The summed E-state index contributed by atoms with van der Waals surface area (Å²) < 4.78 is 0. The summed E-state index contributed by atoms with van der Waals surface area (Å²) >= 11 is 5.77. The van der Waals surface area contributed by atoms with Crippen molar-refractivity contribution in [3.8, 4) is 0 Å². The summed E-state index contributed by atoms with van der Waals surface area (Å²) in [7, 11) is 1.99. The van der Waals surface area contributed by atoms with E-state index >= 15 is 0 Å². The number of hydrogen-bond acceptors (Lipinski definition) is 7. The molecule has 3 N–H and O–H groups in total. The summed E-state index contributed by atoms with van der Waals surface area (Å²) in [6.45, 7) is 2.08. The maximum absolute atomic E-state index is 12.9. The number of fused-ring (bicyclic) bond motifs is 1. The van der Waals surface area contributed by atoms with Gasteiger partial charge in [0.25, 0.3) is 5.91 Å². The van der Waals surface area contributed by atoms with Crippen molar-refractivity contribution in [2.75, 3.05) is 25.5 Å². The van der Waals surface area contributed by atoms with Crippen molar-refractivity contribution in [2.24, 2.45) is 0 Å². The molecule has 178 valence electrons. The van der Waals surface area contributed by atoms with E-state index in [9.17, 15) is 19.2 Å². The van der Waals surface area contributed by atoms with Crippen molar-refractivity contribution < 1.29 is 19.2 Å². The number of likely N-dealkylation sites (tertiary alicyclic amines) is 1. The Kier molecular flexibility index (Phi) is 7.03. The second-order valence-corrected chi connectivity index (χ2v) is 8.81. The first-order valence-corrected chi connectivity index (χ1v) is 11.1. The van der Waals surface area contributed by atoms with Crippen molar-refractivity contribution in [1.82, 2.24) is 30.4 Å². The Balaban J connectivity index is 1.41. The first kappa shape index (κ1) is 23.6. The summed E-state index contributed by atoms with van der Waals surface area (Å²) in [4.78, 5) is 60.9. The van der Waals surface area contributed by atoms with Gasteiger partial charge in [0.1, 0.15) is 11.5 Å². The Labute approximate surface area is 200 Å². The molecule has 12 heteroatoms. The standard InChI is InChI=1S/C22H24ClN7O4/c1-29-9-13-6-17(24-7-14(13)10-29)20(32)27-18-11-30(12-31)5-4-16(18)26-21(33)22(34)28-19-3-2-15(23)8-25-19/h2-3,6-8,12,16,18H,4-5,9-11H2,1H3,(H,26,33)(H,27,32)(H,25,28,34)/t16-,18+/m0/s1. The highest BCUT2D eigenvalue weighted by Gasteiger charge is 2.33. The number of carbonyl (C=O) groups excluding carboxylic acids is 4. The largest absolute Gasteiger partial charge is 0.344 e. The number of hydrogen-bond donors (Lipinski definition) is 3. The maximum atomic E-state index is 12.9. The minimum absolute atomic E-state index is 0.179. The van der Waals surface area contributed by atoms with Crippen LogP contribution < -0.4 is 16.0 Å². The molecule has 2 aliphatic heterocycles. The fourth-order valence-electron chi connectivity index (χ4n) is 4.07. The number of anilines is 1. The molecule has 34 heavy (non-hydrogen) atoms. The van der Waals surface area contributed by atoms with Crippen molar-refractivity contribution in [3.05, 3.63) is 52.4 Å². The van der Waals surface area contributed by atoms with E-state index in [0.717, 1.165) is 24.2 Å². The second kappa shape index (κ2) is 10.1. The Morgan fingerprint density at radius 3 is 2.59 bits per heavy atom. The normalized spacial score (nSPS) is 19.8. The minimum Gasteiger partial charge on any atom is -0.344 e. The van der Waals surface area contributed by atoms with Crippen LogP contribution in [-0.2, 0) is 27.5 Å². The second-order valence-electron chi connectivity index (χ2n) is 8.38. The molecule has 2 aromatic heterocycles. The molecule has 4 amide bonds. The van der Waals surface area contributed by atoms with Crippen LogP contribution in [-0.4, -0.2) is 76.1 Å². The van der Waals surface area contributed by atoms with Crippen LogP contribution in [0.5, 0.6) is 0 Å². The monoisotopic (exact) mass is 485 g/mol. The SMILES string of the molecule is CN1Cc2cnc(C(=O)N[C@@H]3CN(C=O)CC[C@@H]3NC(=O)C(=O)Nc3ccc(Cl)cn3)cc2C1. The van der Waals surface area contributed by atoms with E-state index in [2.05, 4.69) is 30.8 Å². The van der Waals surface area contributed by atoms with E-state index in [1.807, 2.05) is 7.05 Å². The van der Waals surface area contributed by atoms with Crippen molar-refractivity contribution >= 4 is 41.6 Å². The third-order valence-electron chi connectivity index (χ3n) is 5.80. The molecule has 0 spiro atoms. The lowest BCUT2D eigenvalue weighted by Gasteiger charge is -2.37. The molecule has 0 unspecified atom stereocenters. The molecule has 0 radical (unpaired) electrons. The highest BCUT2D eigenvalue weighted by Crippen LogP contribution is 2.21. The molecule has 4 heterocycles. The van der Waals surface area contributed by atoms with E-state index < -0.39 is 29.8 Å². The lowest BCUT2D eigenvalue weighted by Crippen LogP contribution is -2.61. The Morgan fingerprint density at radius 2 is 1.85 bits per heavy atom. The topological polar surface area (TPSA) is 137 Å². The predicted molar refractivity (Wildman–Crippen MR) is 123 cm³/mol. The van der Waals surface area contributed by atoms with Gasteiger partial charge < -0.3 is 20.9 Å². The Morgan fingerprint density at radius 1 is 1.06 bits per heavy atom. The van der Waals surface area contributed by atoms with E-state index in [-0.39, 0.29) is 18.1 Å². The van der Waals surface area contributed by atoms with Gasteiger partial charge in [0, 0.05) is 38.6 Å². The summed E-state index contributed by atoms with van der Waals surface area (Å²) in [6, 6.07) is 3.61. The number of piperidine rings is 1. The van der Waals surface area contributed by atoms with E-state index in [4.69, 9.17) is 11.6 Å². The van der Waals surface area contributed by atoms with Crippen molar-refractivity contribution in [3.63, 3.8) is 0 Å². The smallest absolute Gasteiger partial charge is 0.314 e. The van der Waals surface area contributed by atoms with E-state index in [1.165, 1.54) is 23.2 Å². The molecule has 0 bridgehead atoms. The zero-order chi connectivity index (χ0) is 24.2. The van der Waals surface area contributed by atoms with E-state index in [1.54, 1.807) is 12.3 Å². The van der Waals surface area contributed by atoms with Crippen LogP contribution >= 0.6 is 11.6 Å². The number of pyridine rings is 2. The van der Waals surface area contributed by atoms with Crippen molar-refractivity contribution in [2.45, 2.75) is 31.6 Å². The van der Waals surface area contributed by atoms with Gasteiger partial charge >= 0.3 is 11.8 Å². The number of rotatable bonds is 5. The number of nitrogens with zero attached hydrogens (tertiary/aromatic N) is 4. The Hall–Kier alpha value is -3.57. The van der Waals surface area contributed by atoms with Gasteiger partial charge in [0.2, 0.25) is 6.41 Å². The molecule has 2 aromatic rings. The molecular formula is C22H24ClN7O4. The van der Waals surface area contributed by atoms with Gasteiger partial charge in [-0.05, 0) is 42.8 Å². The number of carbonyl (C=O) groups is 4. The molecule has 11 nitrogen and oxygen atoms in total. The third-order valence-corrected chi connectivity index (χ3v) is 6.02. The van der Waals surface area contributed by atoms with Gasteiger partial charge in [0.05, 0.1) is 17.1 Å². The first-order chi connectivity index (χ1) is 16.3. The fourth-order valence-corrected chi connectivity index (χ4v) is 4.18. The molecule has 0 aliphatic carbocycles. The van der Waals surface area contributed by atoms with E-state index in [0.29, 0.717) is 24.4 Å².